The Morgan fingerprint density at radius 2 is 2.11 bits per heavy atom. The number of nitrogens with one attached hydrogen (secondary N) is 1. The van der Waals surface area contributed by atoms with E-state index in [1.807, 2.05) is 18.2 Å². The van der Waals surface area contributed by atoms with Crippen LogP contribution in [0.1, 0.15) is 31.2 Å². The van der Waals surface area contributed by atoms with Crippen molar-refractivity contribution in [2.75, 3.05) is 20.1 Å². The average molecular weight is 260 g/mol. The third-order valence-electron chi connectivity index (χ3n) is 3.92. The normalized spacial score (nSPS) is 20.2. The molecule has 0 saturated carbocycles. The molecule has 0 aromatic heterocycles. The molecule has 1 aromatic carbocycles. The number of rotatable bonds is 5. The summed E-state index contributed by atoms with van der Waals surface area (Å²) in [7, 11) is 2.13. The molecule has 1 fully saturated rings. The van der Waals surface area contributed by atoms with Crippen LogP contribution < -0.4 is 5.32 Å². The Hall–Kier alpha value is -1.35. The van der Waals surface area contributed by atoms with Gasteiger partial charge in [-0.05, 0) is 38.4 Å². The number of hydrogen-bond donors (Lipinski definition) is 1. The predicted molar refractivity (Wildman–Crippen MR) is 78.0 cm³/mol. The summed E-state index contributed by atoms with van der Waals surface area (Å²) < 4.78 is 0. The number of amides is 1. The first-order chi connectivity index (χ1) is 9.25. The van der Waals surface area contributed by atoms with Gasteiger partial charge in [-0.1, -0.05) is 36.8 Å². The van der Waals surface area contributed by atoms with Crippen molar-refractivity contribution in [3.63, 3.8) is 0 Å². The minimum Gasteiger partial charge on any atom is -0.356 e. The number of likely N-dealkylation sites (tertiary alicyclic amines) is 1. The third-order valence-corrected chi connectivity index (χ3v) is 3.92. The van der Waals surface area contributed by atoms with Crippen LogP contribution in [0.25, 0.3) is 0 Å². The average Bonchev–Trinajstić information content (AvgIpc) is 2.43. The van der Waals surface area contributed by atoms with Crippen LogP contribution in [0, 0.1) is 0 Å². The molecule has 1 aromatic rings. The Kier molecular flexibility index (Phi) is 5.40. The van der Waals surface area contributed by atoms with Gasteiger partial charge in [0.2, 0.25) is 5.91 Å². The Balaban J connectivity index is 1.67. The number of nitrogens with zero attached hydrogens (tertiary/aromatic N) is 1. The van der Waals surface area contributed by atoms with Gasteiger partial charge in [0.25, 0.3) is 0 Å². The van der Waals surface area contributed by atoms with Crippen LogP contribution in [0.3, 0.4) is 0 Å². The molecule has 1 unspecified atom stereocenters. The molecule has 0 radical (unpaired) electrons. The molecular formula is C16H24N2O. The second-order valence-corrected chi connectivity index (χ2v) is 5.42. The zero-order valence-electron chi connectivity index (χ0n) is 11.8. The maximum atomic E-state index is 11.9. The highest BCUT2D eigenvalue weighted by Crippen LogP contribution is 2.17. The molecule has 104 valence electrons. The predicted octanol–water partition coefficient (Wildman–Crippen LogP) is 2.22. The van der Waals surface area contributed by atoms with Crippen LogP contribution in [0.2, 0.25) is 0 Å². The Morgan fingerprint density at radius 3 is 2.84 bits per heavy atom. The molecule has 19 heavy (non-hydrogen) atoms. The van der Waals surface area contributed by atoms with Crippen molar-refractivity contribution < 1.29 is 4.79 Å². The van der Waals surface area contributed by atoms with E-state index in [0.29, 0.717) is 12.5 Å². The number of carbonyl (C=O) groups is 1. The van der Waals surface area contributed by atoms with Gasteiger partial charge in [-0.2, -0.15) is 0 Å². The number of piperidine rings is 1. The highest BCUT2D eigenvalue weighted by molar-refractivity contribution is 5.76. The fourth-order valence-electron chi connectivity index (χ4n) is 2.68. The standard InChI is InChI=1S/C16H24N2O/c1-18-12-6-5-9-15(18)13-16(19)17-11-10-14-7-3-2-4-8-14/h2-4,7-8,15H,5-6,9-13H2,1H3,(H,17,19). The summed E-state index contributed by atoms with van der Waals surface area (Å²) in [4.78, 5) is 14.2. The monoisotopic (exact) mass is 260 g/mol. The highest BCUT2D eigenvalue weighted by atomic mass is 16.1. The second kappa shape index (κ2) is 7.29. The lowest BCUT2D eigenvalue weighted by atomic mass is 10.00. The molecule has 1 heterocycles. The lowest BCUT2D eigenvalue weighted by Crippen LogP contribution is -2.40. The van der Waals surface area contributed by atoms with Gasteiger partial charge in [-0.3, -0.25) is 4.79 Å². The fourth-order valence-corrected chi connectivity index (χ4v) is 2.68. The van der Waals surface area contributed by atoms with Crippen molar-refractivity contribution in [3.05, 3.63) is 35.9 Å². The van der Waals surface area contributed by atoms with E-state index in [9.17, 15) is 4.79 Å². The SMILES string of the molecule is CN1CCCCC1CC(=O)NCCc1ccccc1. The molecular weight excluding hydrogens is 236 g/mol. The quantitative estimate of drug-likeness (QED) is 0.880. The maximum absolute atomic E-state index is 11.9. The van der Waals surface area contributed by atoms with Crippen LogP contribution in [0.5, 0.6) is 0 Å². The zero-order valence-corrected chi connectivity index (χ0v) is 11.8. The Morgan fingerprint density at radius 1 is 1.32 bits per heavy atom. The first-order valence-electron chi connectivity index (χ1n) is 7.26. The first kappa shape index (κ1) is 14.1. The van der Waals surface area contributed by atoms with Crippen molar-refractivity contribution in [2.24, 2.45) is 0 Å². The lowest BCUT2D eigenvalue weighted by Gasteiger charge is -2.31. The topological polar surface area (TPSA) is 32.3 Å². The smallest absolute Gasteiger partial charge is 0.221 e. The van der Waals surface area contributed by atoms with Gasteiger partial charge in [0.05, 0.1) is 0 Å². The van der Waals surface area contributed by atoms with Gasteiger partial charge in [-0.25, -0.2) is 0 Å². The summed E-state index contributed by atoms with van der Waals surface area (Å²) in [5.41, 5.74) is 1.28. The molecule has 1 amide bonds. The van der Waals surface area contributed by atoms with Crippen molar-refractivity contribution in [3.8, 4) is 0 Å². The van der Waals surface area contributed by atoms with E-state index in [4.69, 9.17) is 0 Å². The minimum absolute atomic E-state index is 0.190. The van der Waals surface area contributed by atoms with Gasteiger partial charge >= 0.3 is 0 Å². The molecule has 1 atom stereocenters. The molecule has 3 nitrogen and oxygen atoms in total. The van der Waals surface area contributed by atoms with Crippen molar-refractivity contribution >= 4 is 5.91 Å². The summed E-state index contributed by atoms with van der Waals surface area (Å²) >= 11 is 0. The molecule has 0 aliphatic carbocycles. The summed E-state index contributed by atoms with van der Waals surface area (Å²) in [6.45, 7) is 1.86. The van der Waals surface area contributed by atoms with E-state index in [1.165, 1.54) is 18.4 Å². The van der Waals surface area contributed by atoms with E-state index in [2.05, 4.69) is 29.4 Å². The second-order valence-electron chi connectivity index (χ2n) is 5.42. The molecule has 1 aliphatic rings. The summed E-state index contributed by atoms with van der Waals surface area (Å²) in [5.74, 6) is 0.190. The molecule has 0 bridgehead atoms. The van der Waals surface area contributed by atoms with E-state index in [1.54, 1.807) is 0 Å². The first-order valence-corrected chi connectivity index (χ1v) is 7.26. The molecule has 1 aliphatic heterocycles. The van der Waals surface area contributed by atoms with Crippen molar-refractivity contribution in [2.45, 2.75) is 38.1 Å². The van der Waals surface area contributed by atoms with Crippen molar-refractivity contribution in [1.82, 2.24) is 10.2 Å². The fraction of sp³-hybridized carbons (Fsp3) is 0.562. The Bertz CT molecular complexity index is 391. The largest absolute Gasteiger partial charge is 0.356 e. The van der Waals surface area contributed by atoms with Crippen LogP contribution in [0.4, 0.5) is 0 Å². The van der Waals surface area contributed by atoms with E-state index in [-0.39, 0.29) is 5.91 Å². The van der Waals surface area contributed by atoms with Crippen LogP contribution in [0.15, 0.2) is 30.3 Å². The molecule has 0 spiro atoms. The molecule has 1 N–H and O–H groups in total. The van der Waals surface area contributed by atoms with Crippen LogP contribution in [-0.4, -0.2) is 37.0 Å². The van der Waals surface area contributed by atoms with Gasteiger partial charge in [0, 0.05) is 19.0 Å². The van der Waals surface area contributed by atoms with Crippen LogP contribution in [-0.2, 0) is 11.2 Å². The number of carbonyl (C=O) groups excluding carboxylic acids is 1. The molecule has 2 rings (SSSR count). The van der Waals surface area contributed by atoms with Gasteiger partial charge in [0.15, 0.2) is 0 Å². The number of hydrogen-bond acceptors (Lipinski definition) is 2. The molecule has 3 heteroatoms. The summed E-state index contributed by atoms with van der Waals surface area (Å²) in [6, 6.07) is 10.7. The maximum Gasteiger partial charge on any atom is 0.221 e. The van der Waals surface area contributed by atoms with Crippen molar-refractivity contribution in [1.29, 1.82) is 0 Å². The van der Waals surface area contributed by atoms with Crippen LogP contribution >= 0.6 is 0 Å². The van der Waals surface area contributed by atoms with Gasteiger partial charge < -0.3 is 10.2 Å². The zero-order chi connectivity index (χ0) is 13.5. The van der Waals surface area contributed by atoms with E-state index >= 15 is 0 Å². The third kappa shape index (κ3) is 4.67. The summed E-state index contributed by atoms with van der Waals surface area (Å²) in [6.07, 6.45) is 5.23. The highest BCUT2D eigenvalue weighted by Gasteiger charge is 2.21. The minimum atomic E-state index is 0.190. The number of benzene rings is 1. The Labute approximate surface area is 116 Å². The van der Waals surface area contributed by atoms with E-state index < -0.39 is 0 Å². The van der Waals surface area contributed by atoms with Gasteiger partial charge in [-0.15, -0.1) is 0 Å². The van der Waals surface area contributed by atoms with Gasteiger partial charge in [0.1, 0.15) is 0 Å². The summed E-state index contributed by atoms with van der Waals surface area (Å²) in [5, 5.41) is 3.03. The van der Waals surface area contributed by atoms with E-state index in [0.717, 1.165) is 25.9 Å². The lowest BCUT2D eigenvalue weighted by molar-refractivity contribution is -0.122. The molecule has 1 saturated heterocycles.